The van der Waals surface area contributed by atoms with Gasteiger partial charge in [-0.1, -0.05) is 0 Å². The lowest BCUT2D eigenvalue weighted by Gasteiger charge is -2.14. The van der Waals surface area contributed by atoms with Crippen molar-refractivity contribution in [3.05, 3.63) is 18.2 Å². The molecule has 1 fully saturated rings. The summed E-state index contributed by atoms with van der Waals surface area (Å²) in [5.74, 6) is 2.46. The Labute approximate surface area is 109 Å². The number of anilines is 1. The number of benzene rings is 1. The van der Waals surface area contributed by atoms with E-state index in [0.717, 1.165) is 42.7 Å². The van der Waals surface area contributed by atoms with E-state index >= 15 is 0 Å². The van der Waals surface area contributed by atoms with Crippen LogP contribution in [-0.2, 0) is 0 Å². The second-order valence-corrected chi connectivity index (χ2v) is 4.64. The van der Waals surface area contributed by atoms with E-state index in [1.807, 2.05) is 18.2 Å². The van der Waals surface area contributed by atoms with Gasteiger partial charge in [0.05, 0.1) is 19.9 Å². The number of rotatable bonds is 6. The second kappa shape index (κ2) is 6.50. The Bertz CT molecular complexity index is 376. The summed E-state index contributed by atoms with van der Waals surface area (Å²) in [4.78, 5) is 0. The average Bonchev–Trinajstić information content (AvgIpc) is 2.92. The zero-order valence-corrected chi connectivity index (χ0v) is 11.2. The maximum atomic E-state index is 5.36. The fourth-order valence-corrected chi connectivity index (χ4v) is 2.32. The van der Waals surface area contributed by atoms with Gasteiger partial charge in [-0.25, -0.2) is 0 Å². The van der Waals surface area contributed by atoms with Gasteiger partial charge in [0.15, 0.2) is 0 Å². The van der Waals surface area contributed by atoms with E-state index < -0.39 is 0 Å². The molecule has 18 heavy (non-hydrogen) atoms. The van der Waals surface area contributed by atoms with Crippen molar-refractivity contribution < 1.29 is 9.47 Å². The van der Waals surface area contributed by atoms with Gasteiger partial charge >= 0.3 is 0 Å². The van der Waals surface area contributed by atoms with E-state index in [2.05, 4.69) is 10.6 Å². The molecule has 0 aliphatic carbocycles. The summed E-state index contributed by atoms with van der Waals surface area (Å²) < 4.78 is 10.5. The van der Waals surface area contributed by atoms with Crippen molar-refractivity contribution in [2.24, 2.45) is 5.92 Å². The van der Waals surface area contributed by atoms with Gasteiger partial charge in [0.1, 0.15) is 11.5 Å². The van der Waals surface area contributed by atoms with Crippen molar-refractivity contribution in [3.8, 4) is 11.5 Å². The zero-order valence-electron chi connectivity index (χ0n) is 11.2. The van der Waals surface area contributed by atoms with Gasteiger partial charge in [-0.3, -0.25) is 0 Å². The van der Waals surface area contributed by atoms with Crippen LogP contribution in [0.5, 0.6) is 11.5 Å². The van der Waals surface area contributed by atoms with Crippen LogP contribution in [0.2, 0.25) is 0 Å². The molecule has 1 aliphatic rings. The molecule has 1 saturated heterocycles. The van der Waals surface area contributed by atoms with Crippen LogP contribution in [0, 0.1) is 5.92 Å². The third-order valence-corrected chi connectivity index (χ3v) is 3.44. The molecule has 2 rings (SSSR count). The molecule has 0 radical (unpaired) electrons. The van der Waals surface area contributed by atoms with Crippen molar-refractivity contribution in [2.75, 3.05) is 39.2 Å². The van der Waals surface area contributed by atoms with Gasteiger partial charge in [0, 0.05) is 12.6 Å². The van der Waals surface area contributed by atoms with E-state index in [4.69, 9.17) is 9.47 Å². The third-order valence-electron chi connectivity index (χ3n) is 3.44. The Morgan fingerprint density at radius 3 is 2.89 bits per heavy atom. The Hall–Kier alpha value is -1.42. The first-order chi connectivity index (χ1) is 8.83. The minimum Gasteiger partial charge on any atom is -0.497 e. The van der Waals surface area contributed by atoms with E-state index in [-0.39, 0.29) is 0 Å². The standard InChI is InChI=1S/C14H22N2O2/c1-17-12-3-4-13(14(9-12)18-2)16-8-6-11-5-7-15-10-11/h3-4,9,11,15-16H,5-8,10H2,1-2H3. The predicted octanol–water partition coefficient (Wildman–Crippen LogP) is 2.12. The van der Waals surface area contributed by atoms with Crippen LogP contribution >= 0.6 is 0 Å². The maximum Gasteiger partial charge on any atom is 0.145 e. The fraction of sp³-hybridized carbons (Fsp3) is 0.571. The lowest BCUT2D eigenvalue weighted by Crippen LogP contribution is -2.13. The van der Waals surface area contributed by atoms with Crippen molar-refractivity contribution in [1.29, 1.82) is 0 Å². The highest BCUT2D eigenvalue weighted by atomic mass is 16.5. The zero-order chi connectivity index (χ0) is 12.8. The SMILES string of the molecule is COc1ccc(NCCC2CCNC2)c(OC)c1. The van der Waals surface area contributed by atoms with Crippen LogP contribution in [0.15, 0.2) is 18.2 Å². The monoisotopic (exact) mass is 250 g/mol. The summed E-state index contributed by atoms with van der Waals surface area (Å²) in [5.41, 5.74) is 1.03. The van der Waals surface area contributed by atoms with Crippen LogP contribution in [0.1, 0.15) is 12.8 Å². The predicted molar refractivity (Wildman–Crippen MR) is 73.6 cm³/mol. The number of hydrogen-bond acceptors (Lipinski definition) is 4. The first-order valence-corrected chi connectivity index (χ1v) is 6.50. The highest BCUT2D eigenvalue weighted by Crippen LogP contribution is 2.29. The lowest BCUT2D eigenvalue weighted by molar-refractivity contribution is 0.395. The summed E-state index contributed by atoms with van der Waals surface area (Å²) >= 11 is 0. The molecule has 0 saturated carbocycles. The molecule has 4 nitrogen and oxygen atoms in total. The lowest BCUT2D eigenvalue weighted by atomic mass is 10.1. The maximum absolute atomic E-state index is 5.36. The van der Waals surface area contributed by atoms with Crippen LogP contribution in [-0.4, -0.2) is 33.9 Å². The average molecular weight is 250 g/mol. The molecule has 1 aromatic carbocycles. The highest BCUT2D eigenvalue weighted by molar-refractivity contribution is 5.59. The van der Waals surface area contributed by atoms with Crippen molar-refractivity contribution in [2.45, 2.75) is 12.8 Å². The molecule has 100 valence electrons. The Balaban J connectivity index is 1.87. The molecule has 4 heteroatoms. The Kier molecular flexibility index (Phi) is 4.70. The van der Waals surface area contributed by atoms with E-state index in [9.17, 15) is 0 Å². The molecule has 1 atom stereocenters. The van der Waals surface area contributed by atoms with Gasteiger partial charge in [-0.05, 0) is 44.0 Å². The summed E-state index contributed by atoms with van der Waals surface area (Å²) in [6, 6.07) is 5.85. The minimum absolute atomic E-state index is 0.807. The third kappa shape index (κ3) is 3.29. The van der Waals surface area contributed by atoms with Crippen LogP contribution in [0.4, 0.5) is 5.69 Å². The van der Waals surface area contributed by atoms with E-state index in [1.165, 1.54) is 12.8 Å². The summed E-state index contributed by atoms with van der Waals surface area (Å²) in [6.07, 6.45) is 2.49. The van der Waals surface area contributed by atoms with Crippen molar-refractivity contribution >= 4 is 5.69 Å². The fourth-order valence-electron chi connectivity index (χ4n) is 2.32. The number of nitrogens with one attached hydrogen (secondary N) is 2. The van der Waals surface area contributed by atoms with Crippen molar-refractivity contribution in [3.63, 3.8) is 0 Å². The first-order valence-electron chi connectivity index (χ1n) is 6.50. The molecule has 0 aromatic heterocycles. The van der Waals surface area contributed by atoms with Gasteiger partial charge < -0.3 is 20.1 Å². The van der Waals surface area contributed by atoms with Crippen molar-refractivity contribution in [1.82, 2.24) is 5.32 Å². The highest BCUT2D eigenvalue weighted by Gasteiger charge is 2.13. The molecule has 0 amide bonds. The Morgan fingerprint density at radius 2 is 2.22 bits per heavy atom. The quantitative estimate of drug-likeness (QED) is 0.811. The molecular weight excluding hydrogens is 228 g/mol. The van der Waals surface area contributed by atoms with E-state index in [0.29, 0.717) is 0 Å². The second-order valence-electron chi connectivity index (χ2n) is 4.64. The summed E-state index contributed by atoms with van der Waals surface area (Å²) in [5, 5.41) is 6.82. The normalized spacial score (nSPS) is 18.7. The first kappa shape index (κ1) is 13.0. The van der Waals surface area contributed by atoms with Crippen LogP contribution in [0.25, 0.3) is 0 Å². The van der Waals surface area contributed by atoms with E-state index in [1.54, 1.807) is 14.2 Å². The summed E-state index contributed by atoms with van der Waals surface area (Å²) in [7, 11) is 3.34. The number of methoxy groups -OCH3 is 2. The van der Waals surface area contributed by atoms with Gasteiger partial charge in [0.2, 0.25) is 0 Å². The molecular formula is C14H22N2O2. The van der Waals surface area contributed by atoms with Gasteiger partial charge in [0.25, 0.3) is 0 Å². The molecule has 2 N–H and O–H groups in total. The topological polar surface area (TPSA) is 42.5 Å². The van der Waals surface area contributed by atoms with Crippen LogP contribution < -0.4 is 20.1 Å². The molecule has 0 bridgehead atoms. The molecule has 1 aromatic rings. The smallest absolute Gasteiger partial charge is 0.145 e. The van der Waals surface area contributed by atoms with Crippen LogP contribution in [0.3, 0.4) is 0 Å². The largest absolute Gasteiger partial charge is 0.497 e. The van der Waals surface area contributed by atoms with Gasteiger partial charge in [-0.15, -0.1) is 0 Å². The molecule has 1 unspecified atom stereocenters. The Morgan fingerprint density at radius 1 is 1.33 bits per heavy atom. The molecule has 1 heterocycles. The number of ether oxygens (including phenoxy) is 2. The van der Waals surface area contributed by atoms with Gasteiger partial charge in [-0.2, -0.15) is 0 Å². The molecule has 1 aliphatic heterocycles. The number of hydrogen-bond donors (Lipinski definition) is 2. The summed E-state index contributed by atoms with van der Waals surface area (Å²) in [6.45, 7) is 3.30. The molecule has 0 spiro atoms. The minimum atomic E-state index is 0.807.